The Kier molecular flexibility index (Phi) is 3.82. The lowest BCUT2D eigenvalue weighted by Crippen LogP contribution is -2.43. The molecule has 0 saturated carbocycles. The molecule has 2 N–H and O–H groups in total. The van der Waals surface area contributed by atoms with Crippen molar-refractivity contribution >= 4 is 5.69 Å². The number of para-hydroxylation sites is 1. The first kappa shape index (κ1) is 14.0. The summed E-state index contributed by atoms with van der Waals surface area (Å²) in [6, 6.07) is 19.3. The van der Waals surface area contributed by atoms with E-state index in [4.69, 9.17) is 0 Å². The Morgan fingerprint density at radius 1 is 0.870 bits per heavy atom. The molecule has 0 radical (unpaired) electrons. The van der Waals surface area contributed by atoms with E-state index in [2.05, 4.69) is 68.9 Å². The van der Waals surface area contributed by atoms with Crippen LogP contribution in [0.3, 0.4) is 0 Å². The minimum Gasteiger partial charge on any atom is -0.368 e. The van der Waals surface area contributed by atoms with Crippen LogP contribution < -0.4 is 10.2 Å². The lowest BCUT2D eigenvalue weighted by atomic mass is 9.99. The smallest absolute Gasteiger partial charge is 0.0650 e. The highest BCUT2D eigenvalue weighted by Crippen LogP contribution is 2.33. The first-order chi connectivity index (χ1) is 11.4. The summed E-state index contributed by atoms with van der Waals surface area (Å²) in [5.41, 5.74) is 6.05. The van der Waals surface area contributed by atoms with Gasteiger partial charge < -0.3 is 10.2 Å². The Hall–Kier alpha value is -2.59. The van der Waals surface area contributed by atoms with E-state index in [0.29, 0.717) is 0 Å². The van der Waals surface area contributed by atoms with Crippen LogP contribution in [-0.4, -0.2) is 36.4 Å². The van der Waals surface area contributed by atoms with Crippen molar-refractivity contribution in [3.05, 3.63) is 60.8 Å². The zero-order valence-electron chi connectivity index (χ0n) is 13.0. The molecule has 116 valence electrons. The van der Waals surface area contributed by atoms with Gasteiger partial charge in [0.25, 0.3) is 0 Å². The van der Waals surface area contributed by atoms with Gasteiger partial charge in [-0.25, -0.2) is 0 Å². The highest BCUT2D eigenvalue weighted by Gasteiger charge is 2.15. The number of benzene rings is 2. The van der Waals surface area contributed by atoms with Crippen LogP contribution >= 0.6 is 0 Å². The van der Waals surface area contributed by atoms with Gasteiger partial charge in [0.2, 0.25) is 0 Å². The number of aromatic amines is 1. The van der Waals surface area contributed by atoms with Crippen LogP contribution in [0.25, 0.3) is 22.4 Å². The molecule has 4 rings (SSSR count). The Balaban J connectivity index is 1.75. The van der Waals surface area contributed by atoms with E-state index in [1.165, 1.54) is 16.8 Å². The van der Waals surface area contributed by atoms with Gasteiger partial charge in [0.15, 0.2) is 0 Å². The van der Waals surface area contributed by atoms with Crippen molar-refractivity contribution in [2.45, 2.75) is 0 Å². The third-order valence-electron chi connectivity index (χ3n) is 4.35. The predicted molar refractivity (Wildman–Crippen MR) is 94.5 cm³/mol. The molecule has 2 heterocycles. The van der Waals surface area contributed by atoms with E-state index in [-0.39, 0.29) is 0 Å². The number of rotatable bonds is 3. The molecule has 1 saturated heterocycles. The number of nitrogens with zero attached hydrogens (tertiary/aromatic N) is 2. The monoisotopic (exact) mass is 304 g/mol. The lowest BCUT2D eigenvalue weighted by molar-refractivity contribution is 0.589. The van der Waals surface area contributed by atoms with Gasteiger partial charge in [-0.1, -0.05) is 36.4 Å². The van der Waals surface area contributed by atoms with Gasteiger partial charge in [-0.05, 0) is 23.8 Å². The van der Waals surface area contributed by atoms with Gasteiger partial charge >= 0.3 is 0 Å². The standard InChI is InChI=1S/C19H20N4/c1-2-7-19(23-12-10-20-11-13-23)17(6-1)15-4-3-5-16(14-15)18-8-9-21-22-18/h1-9,14,20H,10-13H2,(H,21,22). The van der Waals surface area contributed by atoms with Crippen LogP contribution in [0, 0.1) is 0 Å². The van der Waals surface area contributed by atoms with Crippen LogP contribution in [0.4, 0.5) is 5.69 Å². The Bertz CT molecular complexity index is 774. The van der Waals surface area contributed by atoms with Crippen molar-refractivity contribution in [1.29, 1.82) is 0 Å². The van der Waals surface area contributed by atoms with Crippen molar-refractivity contribution in [2.75, 3.05) is 31.1 Å². The maximum absolute atomic E-state index is 4.05. The van der Waals surface area contributed by atoms with Crippen molar-refractivity contribution in [3.8, 4) is 22.4 Å². The summed E-state index contributed by atoms with van der Waals surface area (Å²) >= 11 is 0. The minimum absolute atomic E-state index is 1.04. The number of anilines is 1. The molecule has 23 heavy (non-hydrogen) atoms. The molecule has 1 aliphatic heterocycles. The highest BCUT2D eigenvalue weighted by molar-refractivity contribution is 5.81. The molecular formula is C19H20N4. The van der Waals surface area contributed by atoms with Crippen LogP contribution in [0.5, 0.6) is 0 Å². The molecule has 0 atom stereocenters. The van der Waals surface area contributed by atoms with Crippen LogP contribution in [-0.2, 0) is 0 Å². The van der Waals surface area contributed by atoms with E-state index in [0.717, 1.165) is 37.4 Å². The zero-order chi connectivity index (χ0) is 15.5. The lowest BCUT2D eigenvalue weighted by Gasteiger charge is -2.31. The fraction of sp³-hybridized carbons (Fsp3) is 0.211. The van der Waals surface area contributed by atoms with Gasteiger partial charge in [-0.15, -0.1) is 0 Å². The van der Waals surface area contributed by atoms with Crippen LogP contribution in [0.2, 0.25) is 0 Å². The summed E-state index contributed by atoms with van der Waals surface area (Å²) < 4.78 is 0. The second-order valence-electron chi connectivity index (χ2n) is 5.81. The zero-order valence-corrected chi connectivity index (χ0v) is 13.0. The Morgan fingerprint density at radius 2 is 1.70 bits per heavy atom. The molecule has 0 amide bonds. The average Bonchev–Trinajstić information content (AvgIpc) is 3.17. The van der Waals surface area contributed by atoms with Crippen molar-refractivity contribution in [1.82, 2.24) is 15.5 Å². The molecule has 1 aliphatic rings. The van der Waals surface area contributed by atoms with Crippen LogP contribution in [0.1, 0.15) is 0 Å². The second kappa shape index (κ2) is 6.26. The largest absolute Gasteiger partial charge is 0.368 e. The average molecular weight is 304 g/mol. The number of aromatic nitrogens is 2. The number of hydrogen-bond acceptors (Lipinski definition) is 3. The molecule has 1 fully saturated rings. The third kappa shape index (κ3) is 2.85. The molecular weight excluding hydrogens is 284 g/mol. The fourth-order valence-corrected chi connectivity index (χ4v) is 3.17. The summed E-state index contributed by atoms with van der Waals surface area (Å²) in [5.74, 6) is 0. The SMILES string of the molecule is c1cc(-c2ccn[nH]2)cc(-c2ccccc2N2CCNCC2)c1. The molecule has 0 unspecified atom stereocenters. The normalized spacial score (nSPS) is 14.9. The van der Waals surface area contributed by atoms with Gasteiger partial charge in [0.05, 0.1) is 5.69 Å². The van der Waals surface area contributed by atoms with Crippen LogP contribution in [0.15, 0.2) is 60.8 Å². The second-order valence-corrected chi connectivity index (χ2v) is 5.81. The molecule has 0 spiro atoms. The van der Waals surface area contributed by atoms with Crippen molar-refractivity contribution in [2.24, 2.45) is 0 Å². The van der Waals surface area contributed by atoms with E-state index >= 15 is 0 Å². The predicted octanol–water partition coefficient (Wildman–Crippen LogP) is 3.15. The molecule has 1 aromatic heterocycles. The Morgan fingerprint density at radius 3 is 2.52 bits per heavy atom. The summed E-state index contributed by atoms with van der Waals surface area (Å²) in [4.78, 5) is 2.47. The summed E-state index contributed by atoms with van der Waals surface area (Å²) in [6.07, 6.45) is 1.79. The minimum atomic E-state index is 1.04. The molecule has 4 heteroatoms. The number of hydrogen-bond donors (Lipinski definition) is 2. The third-order valence-corrected chi connectivity index (χ3v) is 4.35. The van der Waals surface area contributed by atoms with Gasteiger partial charge in [-0.3, -0.25) is 5.10 Å². The molecule has 0 aliphatic carbocycles. The summed E-state index contributed by atoms with van der Waals surface area (Å²) in [7, 11) is 0. The number of nitrogens with one attached hydrogen (secondary N) is 2. The van der Waals surface area contributed by atoms with E-state index in [1.807, 2.05) is 6.07 Å². The molecule has 0 bridgehead atoms. The molecule has 3 aromatic rings. The molecule has 4 nitrogen and oxygen atoms in total. The van der Waals surface area contributed by atoms with Crippen molar-refractivity contribution in [3.63, 3.8) is 0 Å². The van der Waals surface area contributed by atoms with E-state index in [1.54, 1.807) is 6.20 Å². The summed E-state index contributed by atoms with van der Waals surface area (Å²) in [5, 5.41) is 10.5. The summed E-state index contributed by atoms with van der Waals surface area (Å²) in [6.45, 7) is 4.19. The molecule has 2 aromatic carbocycles. The topological polar surface area (TPSA) is 44.0 Å². The van der Waals surface area contributed by atoms with E-state index < -0.39 is 0 Å². The fourth-order valence-electron chi connectivity index (χ4n) is 3.17. The maximum atomic E-state index is 4.05. The van der Waals surface area contributed by atoms with E-state index in [9.17, 15) is 0 Å². The van der Waals surface area contributed by atoms with Gasteiger partial charge in [0, 0.05) is 49.2 Å². The Labute approximate surface area is 136 Å². The highest BCUT2D eigenvalue weighted by atomic mass is 15.2. The van der Waals surface area contributed by atoms with Crippen molar-refractivity contribution < 1.29 is 0 Å². The van der Waals surface area contributed by atoms with Gasteiger partial charge in [-0.2, -0.15) is 5.10 Å². The first-order valence-electron chi connectivity index (χ1n) is 8.07. The number of piperazine rings is 1. The maximum Gasteiger partial charge on any atom is 0.0650 e. The first-order valence-corrected chi connectivity index (χ1v) is 8.07. The van der Waals surface area contributed by atoms with Gasteiger partial charge in [0.1, 0.15) is 0 Å². The quantitative estimate of drug-likeness (QED) is 0.781. The number of H-pyrrole nitrogens is 1.